The number of hydrogen-bond donors (Lipinski definition) is 3. The topological polar surface area (TPSA) is 126 Å². The van der Waals surface area contributed by atoms with Gasteiger partial charge < -0.3 is 20.8 Å². The molecule has 2 rings (SSSR count). The molecule has 0 aliphatic carbocycles. The van der Waals surface area contributed by atoms with E-state index in [1.807, 2.05) is 11.0 Å². The second-order valence-electron chi connectivity index (χ2n) is 3.48. The van der Waals surface area contributed by atoms with E-state index in [1.165, 1.54) is 0 Å². The fraction of sp³-hybridized carbons (Fsp3) is 0.444. The smallest absolute Gasteiger partial charge is 0.224 e. The van der Waals surface area contributed by atoms with Crippen LogP contribution in [-0.2, 0) is 4.74 Å². The number of aromatic nitrogens is 2. The lowest BCUT2D eigenvalue weighted by Crippen LogP contribution is -2.37. The van der Waals surface area contributed by atoms with Crippen molar-refractivity contribution >= 4 is 17.6 Å². The van der Waals surface area contributed by atoms with Crippen LogP contribution < -0.4 is 21.9 Å². The Hall–Kier alpha value is -2.11. The number of rotatable bonds is 2. The van der Waals surface area contributed by atoms with Crippen molar-refractivity contribution in [3.05, 3.63) is 5.56 Å². The first-order valence-electron chi connectivity index (χ1n) is 5.13. The Labute approximate surface area is 98.2 Å². The van der Waals surface area contributed by atoms with Crippen molar-refractivity contribution in [3.8, 4) is 6.07 Å². The molecule has 8 nitrogen and oxygen atoms in total. The monoisotopic (exact) mass is 235 g/mol. The van der Waals surface area contributed by atoms with Gasteiger partial charge in [-0.15, -0.1) is 0 Å². The van der Waals surface area contributed by atoms with Crippen LogP contribution >= 0.6 is 0 Å². The summed E-state index contributed by atoms with van der Waals surface area (Å²) in [6.07, 6.45) is 0. The molecule has 1 saturated heterocycles. The first kappa shape index (κ1) is 11.4. The zero-order chi connectivity index (χ0) is 12.3. The second kappa shape index (κ2) is 4.82. The molecule has 0 spiro atoms. The molecule has 8 heteroatoms. The molecule has 1 aliphatic rings. The molecular formula is C9H13N7O. The van der Waals surface area contributed by atoms with Crippen molar-refractivity contribution in [2.75, 3.05) is 42.4 Å². The molecule has 5 N–H and O–H groups in total. The van der Waals surface area contributed by atoms with Gasteiger partial charge in [0, 0.05) is 13.1 Å². The Morgan fingerprint density at radius 2 is 2.06 bits per heavy atom. The van der Waals surface area contributed by atoms with Crippen LogP contribution in [0.15, 0.2) is 0 Å². The molecule has 1 aromatic rings. The van der Waals surface area contributed by atoms with Crippen LogP contribution in [0.4, 0.5) is 17.6 Å². The Morgan fingerprint density at radius 1 is 1.35 bits per heavy atom. The maximum Gasteiger partial charge on any atom is 0.224 e. The molecule has 1 aliphatic heterocycles. The van der Waals surface area contributed by atoms with Gasteiger partial charge in [-0.3, -0.25) is 0 Å². The summed E-state index contributed by atoms with van der Waals surface area (Å²) in [7, 11) is 0. The molecule has 0 amide bonds. The van der Waals surface area contributed by atoms with Crippen LogP contribution in [0.5, 0.6) is 0 Å². The summed E-state index contributed by atoms with van der Waals surface area (Å²) in [6.45, 7) is 2.52. The predicted octanol–water partition coefficient (Wildman–Crippen LogP) is -0.947. The van der Waals surface area contributed by atoms with Crippen LogP contribution in [0.2, 0.25) is 0 Å². The van der Waals surface area contributed by atoms with E-state index >= 15 is 0 Å². The first-order valence-corrected chi connectivity index (χ1v) is 5.13. The molecule has 1 fully saturated rings. The van der Waals surface area contributed by atoms with Gasteiger partial charge in [0.2, 0.25) is 5.95 Å². The molecule has 0 unspecified atom stereocenters. The van der Waals surface area contributed by atoms with E-state index in [-0.39, 0.29) is 11.8 Å². The van der Waals surface area contributed by atoms with Crippen molar-refractivity contribution in [3.63, 3.8) is 0 Å². The van der Waals surface area contributed by atoms with Crippen molar-refractivity contribution in [2.45, 2.75) is 0 Å². The summed E-state index contributed by atoms with van der Waals surface area (Å²) >= 11 is 0. The number of hydrogen-bond acceptors (Lipinski definition) is 8. The van der Waals surface area contributed by atoms with Gasteiger partial charge in [0.05, 0.1) is 13.2 Å². The van der Waals surface area contributed by atoms with Gasteiger partial charge in [-0.25, -0.2) is 5.84 Å². The second-order valence-corrected chi connectivity index (χ2v) is 3.48. The molecule has 0 radical (unpaired) electrons. The van der Waals surface area contributed by atoms with E-state index in [4.69, 9.17) is 21.6 Å². The lowest BCUT2D eigenvalue weighted by Gasteiger charge is -2.28. The molecular weight excluding hydrogens is 222 g/mol. The lowest BCUT2D eigenvalue weighted by molar-refractivity contribution is 0.122. The predicted molar refractivity (Wildman–Crippen MR) is 62.0 cm³/mol. The first-order chi connectivity index (χ1) is 8.26. The molecule has 1 aromatic heterocycles. The van der Waals surface area contributed by atoms with Crippen molar-refractivity contribution in [1.29, 1.82) is 5.26 Å². The van der Waals surface area contributed by atoms with Crippen molar-refractivity contribution in [1.82, 2.24) is 9.97 Å². The summed E-state index contributed by atoms with van der Waals surface area (Å²) in [6, 6.07) is 2.03. The van der Waals surface area contributed by atoms with Gasteiger partial charge in [-0.05, 0) is 0 Å². The third-order valence-corrected chi connectivity index (χ3v) is 2.47. The molecule has 0 bridgehead atoms. The van der Waals surface area contributed by atoms with Gasteiger partial charge in [0.1, 0.15) is 11.6 Å². The number of nitrogens with two attached hydrogens (primary N) is 2. The van der Waals surface area contributed by atoms with Crippen LogP contribution in [-0.4, -0.2) is 36.3 Å². The third-order valence-electron chi connectivity index (χ3n) is 2.47. The Morgan fingerprint density at radius 3 is 2.65 bits per heavy atom. The largest absolute Gasteiger partial charge is 0.378 e. The highest BCUT2D eigenvalue weighted by atomic mass is 16.5. The quantitative estimate of drug-likeness (QED) is 0.442. The highest BCUT2D eigenvalue weighted by Gasteiger charge is 2.20. The average Bonchev–Trinajstić information content (AvgIpc) is 2.38. The van der Waals surface area contributed by atoms with E-state index in [9.17, 15) is 0 Å². The van der Waals surface area contributed by atoms with Crippen LogP contribution in [0, 0.1) is 11.3 Å². The highest BCUT2D eigenvalue weighted by Crippen LogP contribution is 2.24. The molecule has 2 heterocycles. The van der Waals surface area contributed by atoms with E-state index < -0.39 is 0 Å². The van der Waals surface area contributed by atoms with Gasteiger partial charge >= 0.3 is 0 Å². The van der Waals surface area contributed by atoms with Crippen molar-refractivity contribution in [2.24, 2.45) is 5.84 Å². The maximum absolute atomic E-state index is 9.13. The van der Waals surface area contributed by atoms with Gasteiger partial charge in [0.25, 0.3) is 0 Å². The van der Waals surface area contributed by atoms with Crippen molar-refractivity contribution < 1.29 is 4.74 Å². The van der Waals surface area contributed by atoms with Gasteiger partial charge in [0.15, 0.2) is 11.6 Å². The zero-order valence-corrected chi connectivity index (χ0v) is 9.18. The summed E-state index contributed by atoms with van der Waals surface area (Å²) < 4.78 is 5.24. The fourth-order valence-corrected chi connectivity index (χ4v) is 1.68. The number of nitrogens with zero attached hydrogens (tertiary/aromatic N) is 4. The molecule has 17 heavy (non-hydrogen) atoms. The number of morpholine rings is 1. The van der Waals surface area contributed by atoms with E-state index in [2.05, 4.69) is 15.4 Å². The third kappa shape index (κ3) is 2.20. The Balaban J connectivity index is 2.44. The lowest BCUT2D eigenvalue weighted by atomic mass is 10.2. The molecule has 0 atom stereocenters. The van der Waals surface area contributed by atoms with E-state index in [0.717, 1.165) is 0 Å². The molecule has 0 saturated carbocycles. The molecule has 0 aromatic carbocycles. The Kier molecular flexibility index (Phi) is 3.22. The summed E-state index contributed by atoms with van der Waals surface area (Å²) in [4.78, 5) is 9.89. The van der Waals surface area contributed by atoms with Crippen LogP contribution in [0.3, 0.4) is 0 Å². The number of anilines is 3. The summed E-state index contributed by atoms with van der Waals surface area (Å²) in [5, 5.41) is 9.13. The number of ether oxygens (including phenoxy) is 1. The number of nitriles is 1. The number of hydrazine groups is 1. The zero-order valence-electron chi connectivity index (χ0n) is 9.18. The van der Waals surface area contributed by atoms with E-state index in [1.54, 1.807) is 0 Å². The maximum atomic E-state index is 9.13. The molecule has 90 valence electrons. The highest BCUT2D eigenvalue weighted by molar-refractivity contribution is 5.67. The fourth-order valence-electron chi connectivity index (χ4n) is 1.68. The van der Waals surface area contributed by atoms with Crippen LogP contribution in [0.25, 0.3) is 0 Å². The van der Waals surface area contributed by atoms with Gasteiger partial charge in [-0.2, -0.15) is 15.2 Å². The normalized spacial score (nSPS) is 15.4. The summed E-state index contributed by atoms with van der Waals surface area (Å²) in [5.74, 6) is 6.12. The minimum atomic E-state index is 0.0819. The average molecular weight is 235 g/mol. The van der Waals surface area contributed by atoms with E-state index in [0.29, 0.717) is 37.7 Å². The number of nitrogen functional groups attached to an aromatic ring is 2. The minimum Gasteiger partial charge on any atom is -0.378 e. The summed E-state index contributed by atoms with van der Waals surface area (Å²) in [5.41, 5.74) is 8.23. The van der Waals surface area contributed by atoms with Crippen LogP contribution in [0.1, 0.15) is 5.56 Å². The minimum absolute atomic E-state index is 0.0819. The SMILES string of the molecule is N#Cc1c(NN)nc(N)nc1N1CCOCC1. The Bertz CT molecular complexity index is 449. The number of nitrogens with one attached hydrogen (secondary N) is 1. The van der Waals surface area contributed by atoms with Gasteiger partial charge in [-0.1, -0.05) is 0 Å². The standard InChI is InChI=1S/C9H13N7O/c10-5-6-7(15-12)13-9(11)14-8(6)16-1-3-17-4-2-16/h1-4,12H2,(H3,11,13,14,15).